The van der Waals surface area contributed by atoms with E-state index in [1.807, 2.05) is 0 Å². The normalized spacial score (nSPS) is 40.7. The van der Waals surface area contributed by atoms with Crippen LogP contribution < -0.4 is 11.1 Å². The maximum absolute atomic E-state index is 12.3. The van der Waals surface area contributed by atoms with Gasteiger partial charge in [-0.2, -0.15) is 0 Å². The summed E-state index contributed by atoms with van der Waals surface area (Å²) in [5, 5.41) is 3.27. The van der Waals surface area contributed by atoms with E-state index in [1.165, 1.54) is 44.9 Å². The molecule has 3 aliphatic carbocycles. The zero-order chi connectivity index (χ0) is 12.5. The molecule has 0 saturated heterocycles. The fourth-order valence-corrected chi connectivity index (χ4v) is 4.39. The van der Waals surface area contributed by atoms with Crippen LogP contribution in [0.1, 0.15) is 57.8 Å². The predicted octanol–water partition coefficient (Wildman–Crippen LogP) is 2.20. The third kappa shape index (κ3) is 2.42. The molecule has 3 aliphatic rings. The highest BCUT2D eigenvalue weighted by molar-refractivity contribution is 5.79. The minimum atomic E-state index is 0.251. The zero-order valence-electron chi connectivity index (χ0n) is 11.2. The average molecular weight is 250 g/mol. The van der Waals surface area contributed by atoms with Crippen LogP contribution in [0.3, 0.4) is 0 Å². The molecule has 0 aromatic carbocycles. The molecule has 0 radical (unpaired) electrons. The zero-order valence-corrected chi connectivity index (χ0v) is 11.2. The molecule has 3 nitrogen and oxygen atoms in total. The van der Waals surface area contributed by atoms with E-state index in [4.69, 9.17) is 5.73 Å². The number of carbonyl (C=O) groups is 1. The van der Waals surface area contributed by atoms with Gasteiger partial charge in [0, 0.05) is 18.0 Å². The molecule has 18 heavy (non-hydrogen) atoms. The molecule has 3 heteroatoms. The van der Waals surface area contributed by atoms with Crippen molar-refractivity contribution in [2.75, 3.05) is 0 Å². The monoisotopic (exact) mass is 250 g/mol. The Kier molecular flexibility index (Phi) is 3.60. The van der Waals surface area contributed by atoms with Crippen molar-refractivity contribution in [3.63, 3.8) is 0 Å². The first-order chi connectivity index (χ1) is 8.74. The van der Waals surface area contributed by atoms with E-state index in [1.54, 1.807) is 0 Å². The van der Waals surface area contributed by atoms with Gasteiger partial charge in [0.25, 0.3) is 0 Å². The van der Waals surface area contributed by atoms with Crippen molar-refractivity contribution in [3.8, 4) is 0 Å². The number of nitrogens with one attached hydrogen (secondary N) is 1. The Morgan fingerprint density at radius 1 is 0.944 bits per heavy atom. The molecule has 102 valence electrons. The minimum absolute atomic E-state index is 0.251. The fraction of sp³-hybridized carbons (Fsp3) is 0.933. The lowest BCUT2D eigenvalue weighted by Gasteiger charge is -2.43. The Morgan fingerprint density at radius 3 is 2.17 bits per heavy atom. The Bertz CT molecular complexity index is 298. The van der Waals surface area contributed by atoms with Crippen LogP contribution in [0.4, 0.5) is 0 Å². The number of rotatable bonds is 2. The van der Waals surface area contributed by atoms with Crippen LogP contribution in [0.5, 0.6) is 0 Å². The van der Waals surface area contributed by atoms with Crippen LogP contribution in [-0.4, -0.2) is 18.0 Å². The average Bonchev–Trinajstić information content (AvgIpc) is 2.81. The maximum Gasteiger partial charge on any atom is 0.223 e. The largest absolute Gasteiger partial charge is 0.353 e. The van der Waals surface area contributed by atoms with Crippen molar-refractivity contribution in [1.29, 1.82) is 0 Å². The summed E-state index contributed by atoms with van der Waals surface area (Å²) in [6.07, 6.45) is 10.8. The van der Waals surface area contributed by atoms with Gasteiger partial charge in [-0.3, -0.25) is 4.79 Å². The van der Waals surface area contributed by atoms with Gasteiger partial charge in [-0.15, -0.1) is 0 Å². The Labute approximate surface area is 110 Å². The summed E-state index contributed by atoms with van der Waals surface area (Å²) in [6, 6.07) is 0.835. The smallest absolute Gasteiger partial charge is 0.223 e. The van der Waals surface area contributed by atoms with Crippen LogP contribution in [-0.2, 0) is 4.79 Å². The summed E-state index contributed by atoms with van der Waals surface area (Å²) < 4.78 is 0. The van der Waals surface area contributed by atoms with Gasteiger partial charge < -0.3 is 11.1 Å². The molecule has 2 bridgehead atoms. The molecule has 1 amide bonds. The number of hydrogen-bond donors (Lipinski definition) is 2. The minimum Gasteiger partial charge on any atom is -0.353 e. The summed E-state index contributed by atoms with van der Waals surface area (Å²) in [5.74, 6) is 1.79. The SMILES string of the molecule is NC1C2CCCC1CC(C(=O)NC1CCCC1)C2. The van der Waals surface area contributed by atoms with Crippen LogP contribution in [0, 0.1) is 17.8 Å². The van der Waals surface area contributed by atoms with E-state index in [0.717, 1.165) is 12.8 Å². The Morgan fingerprint density at radius 2 is 1.56 bits per heavy atom. The molecule has 0 heterocycles. The molecule has 0 aliphatic heterocycles. The predicted molar refractivity (Wildman–Crippen MR) is 71.9 cm³/mol. The quantitative estimate of drug-likeness (QED) is 0.789. The van der Waals surface area contributed by atoms with Crippen molar-refractivity contribution in [3.05, 3.63) is 0 Å². The molecule has 2 unspecified atom stereocenters. The standard InChI is InChI=1S/C15H26N2O/c16-14-10-4-3-5-11(14)9-12(8-10)15(18)17-13-6-1-2-7-13/h10-14H,1-9,16H2,(H,17,18). The van der Waals surface area contributed by atoms with Gasteiger partial charge >= 0.3 is 0 Å². The summed E-state index contributed by atoms with van der Waals surface area (Å²) in [5.41, 5.74) is 6.28. The lowest BCUT2D eigenvalue weighted by atomic mass is 9.65. The van der Waals surface area contributed by atoms with Gasteiger partial charge in [0.1, 0.15) is 0 Å². The third-order valence-corrected chi connectivity index (χ3v) is 5.49. The summed E-state index contributed by atoms with van der Waals surface area (Å²) in [6.45, 7) is 0. The van der Waals surface area contributed by atoms with Crippen LogP contribution in [0.25, 0.3) is 0 Å². The maximum atomic E-state index is 12.3. The number of hydrogen-bond acceptors (Lipinski definition) is 2. The van der Waals surface area contributed by atoms with E-state index < -0.39 is 0 Å². The molecule has 3 N–H and O–H groups in total. The lowest BCUT2D eigenvalue weighted by Crippen LogP contribution is -2.50. The Balaban J connectivity index is 1.57. The van der Waals surface area contributed by atoms with Crippen molar-refractivity contribution >= 4 is 5.91 Å². The first kappa shape index (κ1) is 12.5. The Hall–Kier alpha value is -0.570. The molecule has 3 saturated carbocycles. The number of nitrogens with two attached hydrogens (primary N) is 1. The van der Waals surface area contributed by atoms with Crippen LogP contribution >= 0.6 is 0 Å². The highest BCUT2D eigenvalue weighted by Gasteiger charge is 2.40. The molecule has 0 aromatic heterocycles. The summed E-state index contributed by atoms with van der Waals surface area (Å²) >= 11 is 0. The summed E-state index contributed by atoms with van der Waals surface area (Å²) in [7, 11) is 0. The first-order valence-electron chi connectivity index (χ1n) is 7.80. The van der Waals surface area contributed by atoms with E-state index in [9.17, 15) is 4.79 Å². The van der Waals surface area contributed by atoms with Gasteiger partial charge in [-0.1, -0.05) is 19.3 Å². The molecule has 3 fully saturated rings. The van der Waals surface area contributed by atoms with E-state index in [0.29, 0.717) is 29.8 Å². The van der Waals surface area contributed by atoms with Gasteiger partial charge in [0.15, 0.2) is 0 Å². The highest BCUT2D eigenvalue weighted by Crippen LogP contribution is 2.42. The van der Waals surface area contributed by atoms with Crippen molar-refractivity contribution < 1.29 is 4.79 Å². The lowest BCUT2D eigenvalue weighted by molar-refractivity contribution is -0.128. The number of carbonyl (C=O) groups excluding carboxylic acids is 1. The van der Waals surface area contributed by atoms with Crippen molar-refractivity contribution in [2.24, 2.45) is 23.5 Å². The van der Waals surface area contributed by atoms with Gasteiger partial charge in [-0.05, 0) is 50.4 Å². The second-order valence-corrected chi connectivity index (χ2v) is 6.69. The van der Waals surface area contributed by atoms with Gasteiger partial charge in [0.05, 0.1) is 0 Å². The number of fused-ring (bicyclic) bond motifs is 2. The molecular formula is C15H26N2O. The second-order valence-electron chi connectivity index (χ2n) is 6.69. The third-order valence-electron chi connectivity index (χ3n) is 5.49. The number of amides is 1. The first-order valence-corrected chi connectivity index (χ1v) is 7.80. The fourth-order valence-electron chi connectivity index (χ4n) is 4.39. The van der Waals surface area contributed by atoms with Gasteiger partial charge in [0.2, 0.25) is 5.91 Å². The molecule has 0 spiro atoms. The van der Waals surface area contributed by atoms with E-state index in [-0.39, 0.29) is 5.92 Å². The van der Waals surface area contributed by atoms with E-state index >= 15 is 0 Å². The van der Waals surface area contributed by atoms with Crippen molar-refractivity contribution in [2.45, 2.75) is 69.9 Å². The molecule has 0 aromatic rings. The second kappa shape index (κ2) is 5.20. The topological polar surface area (TPSA) is 55.1 Å². The van der Waals surface area contributed by atoms with E-state index in [2.05, 4.69) is 5.32 Å². The van der Waals surface area contributed by atoms with Gasteiger partial charge in [-0.25, -0.2) is 0 Å². The van der Waals surface area contributed by atoms with Crippen LogP contribution in [0.2, 0.25) is 0 Å². The molecule has 3 rings (SSSR count). The molecular weight excluding hydrogens is 224 g/mol. The molecule has 2 atom stereocenters. The highest BCUT2D eigenvalue weighted by atomic mass is 16.1. The summed E-state index contributed by atoms with van der Waals surface area (Å²) in [4.78, 5) is 12.3. The van der Waals surface area contributed by atoms with Crippen LogP contribution in [0.15, 0.2) is 0 Å². The van der Waals surface area contributed by atoms with Crippen molar-refractivity contribution in [1.82, 2.24) is 5.32 Å².